The van der Waals surface area contributed by atoms with Gasteiger partial charge in [0.25, 0.3) is 5.56 Å². The fourth-order valence-corrected chi connectivity index (χ4v) is 1.53. The Hall–Kier alpha value is -1.32. The zero-order chi connectivity index (χ0) is 11.6. The lowest BCUT2D eigenvalue weighted by atomic mass is 9.90. The van der Waals surface area contributed by atoms with Crippen LogP contribution in [0.2, 0.25) is 0 Å². The maximum Gasteiger partial charge on any atom is 0.328 e. The SMILES string of the molecule is CCn1c(=O)cc(CC(C)(C)C)[nH]c1=O. The highest BCUT2D eigenvalue weighted by atomic mass is 16.2. The molecule has 1 heterocycles. The van der Waals surface area contributed by atoms with E-state index in [1.165, 1.54) is 10.6 Å². The number of aromatic nitrogens is 2. The molecule has 1 aromatic heterocycles. The van der Waals surface area contributed by atoms with Gasteiger partial charge in [-0.25, -0.2) is 4.79 Å². The molecule has 84 valence electrons. The van der Waals surface area contributed by atoms with Crippen LogP contribution in [0.5, 0.6) is 0 Å². The average Bonchev–Trinajstić information content (AvgIpc) is 1.99. The van der Waals surface area contributed by atoms with Crippen molar-refractivity contribution in [2.45, 2.75) is 40.7 Å². The van der Waals surface area contributed by atoms with Crippen molar-refractivity contribution in [3.8, 4) is 0 Å². The molecule has 0 fully saturated rings. The highest BCUT2D eigenvalue weighted by molar-refractivity contribution is 5.02. The van der Waals surface area contributed by atoms with E-state index < -0.39 is 0 Å². The molecule has 0 aliphatic carbocycles. The normalized spacial score (nSPS) is 11.7. The van der Waals surface area contributed by atoms with Gasteiger partial charge in [-0.15, -0.1) is 0 Å². The molecule has 0 aliphatic rings. The van der Waals surface area contributed by atoms with E-state index in [1.54, 1.807) is 6.92 Å². The maximum atomic E-state index is 11.5. The van der Waals surface area contributed by atoms with Crippen LogP contribution in [0.4, 0.5) is 0 Å². The number of hydrogen-bond donors (Lipinski definition) is 1. The van der Waals surface area contributed by atoms with Crippen molar-refractivity contribution in [3.05, 3.63) is 32.6 Å². The van der Waals surface area contributed by atoms with Gasteiger partial charge in [0.1, 0.15) is 0 Å². The summed E-state index contributed by atoms with van der Waals surface area (Å²) in [6.07, 6.45) is 0.696. The molecule has 4 nitrogen and oxygen atoms in total. The van der Waals surface area contributed by atoms with E-state index in [0.29, 0.717) is 18.7 Å². The van der Waals surface area contributed by atoms with E-state index in [1.807, 2.05) is 0 Å². The Balaban J connectivity index is 3.16. The van der Waals surface area contributed by atoms with E-state index in [-0.39, 0.29) is 16.7 Å². The van der Waals surface area contributed by atoms with Gasteiger partial charge in [0.05, 0.1) is 0 Å². The van der Waals surface area contributed by atoms with Gasteiger partial charge in [-0.2, -0.15) is 0 Å². The van der Waals surface area contributed by atoms with Crippen LogP contribution in [0.25, 0.3) is 0 Å². The monoisotopic (exact) mass is 210 g/mol. The Morgan fingerprint density at radius 3 is 2.33 bits per heavy atom. The third-order valence-corrected chi connectivity index (χ3v) is 2.11. The zero-order valence-corrected chi connectivity index (χ0v) is 9.76. The summed E-state index contributed by atoms with van der Waals surface area (Å²) in [7, 11) is 0. The van der Waals surface area contributed by atoms with Crippen molar-refractivity contribution in [1.29, 1.82) is 0 Å². The third kappa shape index (κ3) is 3.08. The summed E-state index contributed by atoms with van der Waals surface area (Å²) in [6.45, 7) is 8.38. The minimum atomic E-state index is -0.316. The van der Waals surface area contributed by atoms with Crippen molar-refractivity contribution in [3.63, 3.8) is 0 Å². The number of hydrogen-bond acceptors (Lipinski definition) is 2. The lowest BCUT2D eigenvalue weighted by Crippen LogP contribution is -2.35. The topological polar surface area (TPSA) is 54.9 Å². The second-order valence-corrected chi connectivity index (χ2v) is 4.92. The molecule has 0 bridgehead atoms. The first-order chi connectivity index (χ1) is 6.83. The minimum Gasteiger partial charge on any atom is -0.311 e. The summed E-state index contributed by atoms with van der Waals surface area (Å²) < 4.78 is 1.19. The molecular formula is C11H18N2O2. The number of nitrogens with zero attached hydrogens (tertiary/aromatic N) is 1. The number of aromatic amines is 1. The summed E-state index contributed by atoms with van der Waals surface area (Å²) >= 11 is 0. The summed E-state index contributed by atoms with van der Waals surface area (Å²) in [5.41, 5.74) is 0.236. The molecule has 0 unspecified atom stereocenters. The van der Waals surface area contributed by atoms with E-state index in [2.05, 4.69) is 25.8 Å². The zero-order valence-electron chi connectivity index (χ0n) is 9.76. The Bertz CT molecular complexity index is 418. The van der Waals surface area contributed by atoms with Crippen LogP contribution < -0.4 is 11.2 Å². The number of H-pyrrole nitrogens is 1. The van der Waals surface area contributed by atoms with Crippen LogP contribution in [-0.2, 0) is 13.0 Å². The van der Waals surface area contributed by atoms with Crippen LogP contribution in [0.1, 0.15) is 33.4 Å². The van der Waals surface area contributed by atoms with Gasteiger partial charge in [0.15, 0.2) is 0 Å². The highest BCUT2D eigenvalue weighted by Gasteiger charge is 2.13. The van der Waals surface area contributed by atoms with E-state index in [4.69, 9.17) is 0 Å². The van der Waals surface area contributed by atoms with Gasteiger partial charge >= 0.3 is 5.69 Å². The second kappa shape index (κ2) is 4.04. The minimum absolute atomic E-state index is 0.0633. The molecule has 15 heavy (non-hydrogen) atoms. The fraction of sp³-hybridized carbons (Fsp3) is 0.636. The van der Waals surface area contributed by atoms with Crippen molar-refractivity contribution in [1.82, 2.24) is 9.55 Å². The van der Waals surface area contributed by atoms with Gasteiger partial charge in [-0.05, 0) is 18.8 Å². The van der Waals surface area contributed by atoms with Crippen molar-refractivity contribution >= 4 is 0 Å². The molecule has 1 N–H and O–H groups in total. The van der Waals surface area contributed by atoms with Crippen LogP contribution in [-0.4, -0.2) is 9.55 Å². The van der Waals surface area contributed by atoms with E-state index in [0.717, 1.165) is 0 Å². The first-order valence-corrected chi connectivity index (χ1v) is 5.16. The van der Waals surface area contributed by atoms with Gasteiger partial charge < -0.3 is 4.98 Å². The lowest BCUT2D eigenvalue weighted by molar-refractivity contribution is 0.404. The Morgan fingerprint density at radius 1 is 1.33 bits per heavy atom. The third-order valence-electron chi connectivity index (χ3n) is 2.11. The van der Waals surface area contributed by atoms with E-state index >= 15 is 0 Å². The van der Waals surface area contributed by atoms with Crippen LogP contribution in [0.15, 0.2) is 15.7 Å². The Kier molecular flexibility index (Phi) is 3.17. The van der Waals surface area contributed by atoms with Gasteiger partial charge in [-0.3, -0.25) is 9.36 Å². The molecule has 0 radical (unpaired) electrons. The lowest BCUT2D eigenvalue weighted by Gasteiger charge is -2.17. The molecule has 1 aromatic rings. The summed E-state index contributed by atoms with van der Waals surface area (Å²) in [5, 5.41) is 0. The standard InChI is InChI=1S/C11H18N2O2/c1-5-13-9(14)6-8(12-10(13)15)7-11(2,3)4/h6H,5,7H2,1-4H3,(H,12,15). The molecule has 4 heteroatoms. The van der Waals surface area contributed by atoms with Gasteiger partial charge in [0.2, 0.25) is 0 Å². The summed E-state index contributed by atoms with van der Waals surface area (Å²) in [4.78, 5) is 25.7. The van der Waals surface area contributed by atoms with Gasteiger partial charge in [0, 0.05) is 18.3 Å². The molecule has 0 atom stereocenters. The predicted molar refractivity (Wildman–Crippen MR) is 60.2 cm³/mol. The number of rotatable bonds is 2. The fourth-order valence-electron chi connectivity index (χ4n) is 1.53. The number of nitrogens with one attached hydrogen (secondary N) is 1. The summed E-state index contributed by atoms with van der Waals surface area (Å²) in [5.74, 6) is 0. The molecule has 0 amide bonds. The van der Waals surface area contributed by atoms with Crippen molar-refractivity contribution in [2.24, 2.45) is 5.41 Å². The first kappa shape index (κ1) is 11.8. The molecule has 0 spiro atoms. The quantitative estimate of drug-likeness (QED) is 0.796. The van der Waals surface area contributed by atoms with E-state index in [9.17, 15) is 9.59 Å². The Labute approximate surface area is 89.0 Å². The Morgan fingerprint density at radius 2 is 1.93 bits per heavy atom. The van der Waals surface area contributed by atoms with Crippen molar-refractivity contribution in [2.75, 3.05) is 0 Å². The average molecular weight is 210 g/mol. The molecule has 1 rings (SSSR count). The molecule has 0 saturated carbocycles. The predicted octanol–water partition coefficient (Wildman–Crippen LogP) is 1.15. The summed E-state index contributed by atoms with van der Waals surface area (Å²) in [6, 6.07) is 1.51. The van der Waals surface area contributed by atoms with Crippen LogP contribution >= 0.6 is 0 Å². The van der Waals surface area contributed by atoms with Crippen LogP contribution in [0, 0.1) is 5.41 Å². The maximum absolute atomic E-state index is 11.5. The molecular weight excluding hydrogens is 192 g/mol. The highest BCUT2D eigenvalue weighted by Crippen LogP contribution is 2.17. The molecule has 0 saturated heterocycles. The second-order valence-electron chi connectivity index (χ2n) is 4.92. The first-order valence-electron chi connectivity index (χ1n) is 5.16. The largest absolute Gasteiger partial charge is 0.328 e. The van der Waals surface area contributed by atoms with Crippen molar-refractivity contribution < 1.29 is 0 Å². The van der Waals surface area contributed by atoms with Crippen LogP contribution in [0.3, 0.4) is 0 Å². The smallest absolute Gasteiger partial charge is 0.311 e. The molecule has 0 aliphatic heterocycles. The van der Waals surface area contributed by atoms with Gasteiger partial charge in [-0.1, -0.05) is 20.8 Å². The molecule has 0 aromatic carbocycles.